The van der Waals surface area contributed by atoms with Gasteiger partial charge in [0.05, 0.1) is 0 Å². The molecule has 0 saturated carbocycles. The molecule has 2 saturated heterocycles. The molecular formula is C20H31N3O. The Kier molecular flexibility index (Phi) is 6.27. The van der Waals surface area contributed by atoms with Gasteiger partial charge in [-0.2, -0.15) is 0 Å². The predicted octanol–water partition coefficient (Wildman–Crippen LogP) is 2.32. The average Bonchev–Trinajstić information content (AvgIpc) is 2.63. The van der Waals surface area contributed by atoms with Crippen molar-refractivity contribution < 1.29 is 4.79 Å². The molecule has 1 atom stereocenters. The summed E-state index contributed by atoms with van der Waals surface area (Å²) in [6.45, 7) is 6.13. The third kappa shape index (κ3) is 4.81. The van der Waals surface area contributed by atoms with E-state index in [-0.39, 0.29) is 11.8 Å². The minimum absolute atomic E-state index is 0.222. The van der Waals surface area contributed by atoms with Crippen molar-refractivity contribution in [1.82, 2.24) is 15.1 Å². The summed E-state index contributed by atoms with van der Waals surface area (Å²) in [5.41, 5.74) is 1.46. The predicted molar refractivity (Wildman–Crippen MR) is 98.1 cm³/mol. The van der Waals surface area contributed by atoms with E-state index < -0.39 is 0 Å². The summed E-state index contributed by atoms with van der Waals surface area (Å²) >= 11 is 0. The number of likely N-dealkylation sites (tertiary alicyclic amines) is 2. The molecule has 0 aromatic heterocycles. The second-order valence-corrected chi connectivity index (χ2v) is 7.42. The Morgan fingerprint density at radius 1 is 1.12 bits per heavy atom. The molecule has 4 heteroatoms. The van der Waals surface area contributed by atoms with Gasteiger partial charge in [0.15, 0.2) is 0 Å². The maximum Gasteiger partial charge on any atom is 0.223 e. The van der Waals surface area contributed by atoms with Crippen LogP contribution in [0.5, 0.6) is 0 Å². The van der Waals surface area contributed by atoms with E-state index in [0.29, 0.717) is 5.92 Å². The molecule has 3 rings (SSSR count). The first-order valence-electron chi connectivity index (χ1n) is 9.46. The Labute approximate surface area is 146 Å². The zero-order valence-corrected chi connectivity index (χ0v) is 14.9. The van der Waals surface area contributed by atoms with Crippen LogP contribution in [0, 0.1) is 5.92 Å². The molecule has 2 fully saturated rings. The molecule has 4 nitrogen and oxygen atoms in total. The fraction of sp³-hybridized carbons (Fsp3) is 0.650. The van der Waals surface area contributed by atoms with Crippen LogP contribution in [0.4, 0.5) is 0 Å². The van der Waals surface area contributed by atoms with Gasteiger partial charge in [-0.15, -0.1) is 0 Å². The Hall–Kier alpha value is -1.39. The molecule has 24 heavy (non-hydrogen) atoms. The molecule has 1 unspecified atom stereocenters. The van der Waals surface area contributed by atoms with Gasteiger partial charge in [-0.1, -0.05) is 30.3 Å². The number of carbonyl (C=O) groups is 1. The number of rotatable bonds is 5. The standard InChI is InChI=1S/C20H31N3O/c1-22-13-9-18(10-14-22)20(24)21-11-15-23-12-5-8-19(16-23)17-6-3-2-4-7-17/h2-4,6-7,18-19H,5,8-16H2,1H3,(H,21,24). The number of carbonyl (C=O) groups excluding carboxylic acids is 1. The monoisotopic (exact) mass is 329 g/mol. The number of nitrogens with one attached hydrogen (secondary N) is 1. The van der Waals surface area contributed by atoms with Crippen molar-refractivity contribution in [3.63, 3.8) is 0 Å². The van der Waals surface area contributed by atoms with Gasteiger partial charge < -0.3 is 15.1 Å². The number of amides is 1. The molecule has 0 spiro atoms. The van der Waals surface area contributed by atoms with Gasteiger partial charge in [0.1, 0.15) is 0 Å². The molecule has 2 aliphatic heterocycles. The molecule has 2 heterocycles. The molecule has 1 N–H and O–H groups in total. The summed E-state index contributed by atoms with van der Waals surface area (Å²) in [5.74, 6) is 1.13. The van der Waals surface area contributed by atoms with E-state index in [1.165, 1.54) is 18.4 Å². The Balaban J connectivity index is 1.39. The lowest BCUT2D eigenvalue weighted by molar-refractivity contribution is -0.126. The minimum atomic E-state index is 0.222. The van der Waals surface area contributed by atoms with Gasteiger partial charge in [0.25, 0.3) is 0 Å². The lowest BCUT2D eigenvalue weighted by atomic mass is 9.91. The van der Waals surface area contributed by atoms with Gasteiger partial charge in [0.2, 0.25) is 5.91 Å². The quantitative estimate of drug-likeness (QED) is 0.900. The Morgan fingerprint density at radius 3 is 2.62 bits per heavy atom. The lowest BCUT2D eigenvalue weighted by Crippen LogP contribution is -2.43. The zero-order chi connectivity index (χ0) is 16.8. The number of benzene rings is 1. The van der Waals surface area contributed by atoms with E-state index in [2.05, 4.69) is 52.5 Å². The zero-order valence-electron chi connectivity index (χ0n) is 14.9. The molecule has 1 aromatic carbocycles. The van der Waals surface area contributed by atoms with Crippen LogP contribution in [0.25, 0.3) is 0 Å². The number of nitrogens with zero attached hydrogens (tertiary/aromatic N) is 2. The van der Waals surface area contributed by atoms with Crippen LogP contribution in [0.1, 0.15) is 37.2 Å². The molecular weight excluding hydrogens is 298 g/mol. The van der Waals surface area contributed by atoms with Crippen molar-refractivity contribution in [1.29, 1.82) is 0 Å². The second-order valence-electron chi connectivity index (χ2n) is 7.42. The average molecular weight is 329 g/mol. The molecule has 132 valence electrons. The summed E-state index contributed by atoms with van der Waals surface area (Å²) in [6, 6.07) is 10.8. The Bertz CT molecular complexity index is 511. The maximum atomic E-state index is 12.3. The van der Waals surface area contributed by atoms with Gasteiger partial charge >= 0.3 is 0 Å². The van der Waals surface area contributed by atoms with Gasteiger partial charge in [-0.25, -0.2) is 0 Å². The van der Waals surface area contributed by atoms with E-state index in [1.807, 2.05) is 0 Å². The molecule has 1 aromatic rings. The van der Waals surface area contributed by atoms with Crippen LogP contribution in [-0.2, 0) is 4.79 Å². The van der Waals surface area contributed by atoms with Crippen molar-refractivity contribution in [2.45, 2.75) is 31.6 Å². The number of hydrogen-bond acceptors (Lipinski definition) is 3. The van der Waals surface area contributed by atoms with E-state index in [0.717, 1.165) is 52.1 Å². The summed E-state index contributed by atoms with van der Waals surface area (Å²) < 4.78 is 0. The molecule has 1 amide bonds. The highest BCUT2D eigenvalue weighted by molar-refractivity contribution is 5.78. The van der Waals surface area contributed by atoms with Crippen LogP contribution in [0.15, 0.2) is 30.3 Å². The fourth-order valence-electron chi connectivity index (χ4n) is 4.01. The van der Waals surface area contributed by atoms with Crippen molar-refractivity contribution in [2.24, 2.45) is 5.92 Å². The minimum Gasteiger partial charge on any atom is -0.355 e. The molecule has 0 aliphatic carbocycles. The second kappa shape index (κ2) is 8.63. The Morgan fingerprint density at radius 2 is 1.88 bits per heavy atom. The first kappa shape index (κ1) is 17.4. The normalized spacial score (nSPS) is 24.0. The first-order valence-corrected chi connectivity index (χ1v) is 9.46. The third-order valence-electron chi connectivity index (χ3n) is 5.59. The van der Waals surface area contributed by atoms with Crippen LogP contribution in [-0.4, -0.2) is 62.0 Å². The molecule has 2 aliphatic rings. The molecule has 0 radical (unpaired) electrons. The largest absolute Gasteiger partial charge is 0.355 e. The molecule has 0 bridgehead atoms. The van der Waals surface area contributed by atoms with Crippen molar-refractivity contribution >= 4 is 5.91 Å². The summed E-state index contributed by atoms with van der Waals surface area (Å²) in [4.78, 5) is 17.1. The van der Waals surface area contributed by atoms with Gasteiger partial charge in [0, 0.05) is 25.6 Å². The maximum absolute atomic E-state index is 12.3. The van der Waals surface area contributed by atoms with E-state index >= 15 is 0 Å². The van der Waals surface area contributed by atoms with Crippen molar-refractivity contribution in [3.8, 4) is 0 Å². The van der Waals surface area contributed by atoms with Gasteiger partial charge in [-0.3, -0.25) is 4.79 Å². The highest BCUT2D eigenvalue weighted by Gasteiger charge is 2.24. The number of piperidine rings is 2. The summed E-state index contributed by atoms with van der Waals surface area (Å²) in [6.07, 6.45) is 4.54. The third-order valence-corrected chi connectivity index (χ3v) is 5.59. The highest BCUT2D eigenvalue weighted by atomic mass is 16.1. The van der Waals surface area contributed by atoms with Crippen molar-refractivity contribution in [3.05, 3.63) is 35.9 Å². The van der Waals surface area contributed by atoms with E-state index in [9.17, 15) is 4.79 Å². The SMILES string of the molecule is CN1CCC(C(=O)NCCN2CCCC(c3ccccc3)C2)CC1. The summed E-state index contributed by atoms with van der Waals surface area (Å²) in [5, 5.41) is 3.17. The van der Waals surface area contributed by atoms with Crippen LogP contribution in [0.3, 0.4) is 0 Å². The van der Waals surface area contributed by atoms with E-state index in [4.69, 9.17) is 0 Å². The highest BCUT2D eigenvalue weighted by Crippen LogP contribution is 2.26. The van der Waals surface area contributed by atoms with Crippen LogP contribution < -0.4 is 5.32 Å². The lowest BCUT2D eigenvalue weighted by Gasteiger charge is -2.33. The first-order chi connectivity index (χ1) is 11.7. The fourth-order valence-corrected chi connectivity index (χ4v) is 4.01. The summed E-state index contributed by atoms with van der Waals surface area (Å²) in [7, 11) is 2.13. The van der Waals surface area contributed by atoms with Gasteiger partial charge in [-0.05, 0) is 63.8 Å². The van der Waals surface area contributed by atoms with Crippen LogP contribution >= 0.6 is 0 Å². The van der Waals surface area contributed by atoms with Crippen LogP contribution in [0.2, 0.25) is 0 Å². The smallest absolute Gasteiger partial charge is 0.223 e. The van der Waals surface area contributed by atoms with Crippen molar-refractivity contribution in [2.75, 3.05) is 46.3 Å². The topological polar surface area (TPSA) is 35.6 Å². The van der Waals surface area contributed by atoms with E-state index in [1.54, 1.807) is 0 Å². The number of hydrogen-bond donors (Lipinski definition) is 1.